The molecule has 1 aliphatic rings. The van der Waals surface area contributed by atoms with Crippen molar-refractivity contribution in [1.29, 1.82) is 0 Å². The van der Waals surface area contributed by atoms with Crippen molar-refractivity contribution in [3.05, 3.63) is 53.7 Å². The number of aryl methyl sites for hydroxylation is 1. The molecule has 0 aliphatic heterocycles. The third-order valence-corrected chi connectivity index (χ3v) is 5.57. The number of alkyl halides is 5. The maximum Gasteiger partial charge on any atom is 0.416 e. The van der Waals surface area contributed by atoms with Gasteiger partial charge >= 0.3 is 6.18 Å². The van der Waals surface area contributed by atoms with Crippen LogP contribution in [-0.4, -0.2) is 37.0 Å². The first-order valence-corrected chi connectivity index (χ1v) is 10.1. The minimum Gasteiger partial charge on any atom is -0.310 e. The summed E-state index contributed by atoms with van der Waals surface area (Å²) in [6, 6.07) is 7.98. The van der Waals surface area contributed by atoms with E-state index in [0.29, 0.717) is 23.0 Å². The van der Waals surface area contributed by atoms with Crippen LogP contribution in [0.15, 0.2) is 42.6 Å². The summed E-state index contributed by atoms with van der Waals surface area (Å²) in [5, 5.41) is 14.1. The summed E-state index contributed by atoms with van der Waals surface area (Å²) < 4.78 is 66.9. The van der Waals surface area contributed by atoms with E-state index >= 15 is 0 Å². The molecule has 2 atom stereocenters. The number of halogens is 5. The molecule has 4 rings (SSSR count). The molecule has 33 heavy (non-hydrogen) atoms. The van der Waals surface area contributed by atoms with Crippen LogP contribution in [0, 0.1) is 5.92 Å². The Morgan fingerprint density at radius 2 is 1.94 bits per heavy atom. The molecule has 1 aliphatic carbocycles. The fourth-order valence-corrected chi connectivity index (χ4v) is 4.02. The van der Waals surface area contributed by atoms with Crippen molar-refractivity contribution in [3.8, 4) is 11.4 Å². The molecule has 2 heterocycles. The van der Waals surface area contributed by atoms with Gasteiger partial charge in [0.2, 0.25) is 17.7 Å². The lowest BCUT2D eigenvalue weighted by Gasteiger charge is -2.23. The van der Waals surface area contributed by atoms with E-state index in [-0.39, 0.29) is 18.7 Å². The topological polar surface area (TPSA) is 85.6 Å². The summed E-state index contributed by atoms with van der Waals surface area (Å²) in [4.78, 5) is 18.2. The summed E-state index contributed by atoms with van der Waals surface area (Å²) in [5.41, 5.74) is 0.0923. The Bertz CT molecular complexity index is 1140. The lowest BCUT2D eigenvalue weighted by molar-refractivity contribution is -0.137. The number of hydrogen-bond acceptors (Lipinski definition) is 5. The molecule has 0 unspecified atom stereocenters. The third kappa shape index (κ3) is 5.15. The minimum absolute atomic E-state index is 0.106. The Labute approximate surface area is 185 Å². The number of amides is 1. The smallest absolute Gasteiger partial charge is 0.310 e. The Hall–Kier alpha value is -3.44. The van der Waals surface area contributed by atoms with Crippen LogP contribution in [0.25, 0.3) is 11.4 Å². The molecule has 0 saturated heterocycles. The highest BCUT2D eigenvalue weighted by Crippen LogP contribution is 2.46. The molecule has 1 amide bonds. The van der Waals surface area contributed by atoms with Crippen LogP contribution < -0.4 is 5.32 Å². The number of anilines is 1. The molecule has 2 aromatic heterocycles. The van der Waals surface area contributed by atoms with Crippen molar-refractivity contribution in [3.63, 3.8) is 0 Å². The zero-order valence-electron chi connectivity index (χ0n) is 17.4. The number of carbonyl (C=O) groups excluding carboxylic acids is 1. The number of nitrogens with zero attached hydrogens (tertiary/aromatic N) is 5. The first-order valence-electron chi connectivity index (χ1n) is 10.1. The molecule has 1 N–H and O–H groups in total. The van der Waals surface area contributed by atoms with Crippen molar-refractivity contribution < 1.29 is 26.7 Å². The molecule has 0 bridgehead atoms. The Morgan fingerprint density at radius 1 is 1.21 bits per heavy atom. The predicted octanol–water partition coefficient (Wildman–Crippen LogP) is 4.45. The lowest BCUT2D eigenvalue weighted by Crippen LogP contribution is -2.28. The van der Waals surface area contributed by atoms with Gasteiger partial charge in [-0.3, -0.25) is 4.79 Å². The van der Waals surface area contributed by atoms with E-state index in [1.807, 2.05) is 0 Å². The van der Waals surface area contributed by atoms with E-state index in [1.54, 1.807) is 31.3 Å². The van der Waals surface area contributed by atoms with Gasteiger partial charge in [-0.15, -0.1) is 10.2 Å². The number of pyridine rings is 1. The second-order valence-electron chi connectivity index (χ2n) is 7.98. The summed E-state index contributed by atoms with van der Waals surface area (Å²) in [7, 11) is 1.60. The Morgan fingerprint density at radius 3 is 2.52 bits per heavy atom. The molecule has 174 valence electrons. The van der Waals surface area contributed by atoms with Gasteiger partial charge in [-0.05, 0) is 35.2 Å². The molecular weight excluding hydrogens is 447 g/mol. The first-order chi connectivity index (χ1) is 15.5. The van der Waals surface area contributed by atoms with Crippen molar-refractivity contribution in [2.24, 2.45) is 13.0 Å². The fraction of sp³-hybridized carbons (Fsp3) is 0.381. The number of rotatable bonds is 5. The van der Waals surface area contributed by atoms with E-state index in [0.717, 1.165) is 12.3 Å². The molecule has 1 saturated carbocycles. The first kappa shape index (κ1) is 22.7. The van der Waals surface area contributed by atoms with Gasteiger partial charge in [0, 0.05) is 24.6 Å². The van der Waals surface area contributed by atoms with Gasteiger partial charge in [-0.2, -0.15) is 18.0 Å². The zero-order valence-corrected chi connectivity index (χ0v) is 17.4. The van der Waals surface area contributed by atoms with Crippen LogP contribution in [-0.2, 0) is 18.0 Å². The van der Waals surface area contributed by atoms with Crippen LogP contribution in [0.5, 0.6) is 0 Å². The van der Waals surface area contributed by atoms with E-state index in [2.05, 4.69) is 25.7 Å². The van der Waals surface area contributed by atoms with Crippen LogP contribution in [0.4, 0.5) is 27.8 Å². The summed E-state index contributed by atoms with van der Waals surface area (Å²) in [6.07, 6.45) is -4.42. The van der Waals surface area contributed by atoms with E-state index in [9.17, 15) is 26.7 Å². The average molecular weight is 466 g/mol. The monoisotopic (exact) mass is 466 g/mol. The second kappa shape index (κ2) is 8.49. The Kier molecular flexibility index (Phi) is 5.85. The number of carbonyl (C=O) groups is 1. The maximum absolute atomic E-state index is 13.9. The average Bonchev–Trinajstić information content (AvgIpc) is 3.33. The minimum atomic E-state index is -4.61. The molecule has 1 aromatic carbocycles. The summed E-state index contributed by atoms with van der Waals surface area (Å²) in [5.74, 6) is -5.24. The lowest BCUT2D eigenvalue weighted by atomic mass is 9.83. The van der Waals surface area contributed by atoms with E-state index in [4.69, 9.17) is 0 Å². The molecule has 7 nitrogen and oxygen atoms in total. The molecular formula is C21H19F5N6O. The molecule has 12 heteroatoms. The number of benzene rings is 1. The van der Waals surface area contributed by atoms with Crippen LogP contribution in [0.1, 0.15) is 36.3 Å². The van der Waals surface area contributed by atoms with Crippen LogP contribution in [0.2, 0.25) is 0 Å². The highest BCUT2D eigenvalue weighted by molar-refractivity contribution is 5.95. The van der Waals surface area contributed by atoms with Crippen LogP contribution >= 0.6 is 0 Å². The van der Waals surface area contributed by atoms with Gasteiger partial charge in [-0.1, -0.05) is 24.3 Å². The highest BCUT2D eigenvalue weighted by Gasteiger charge is 2.45. The van der Waals surface area contributed by atoms with Crippen molar-refractivity contribution >= 4 is 11.7 Å². The fourth-order valence-electron chi connectivity index (χ4n) is 4.02. The van der Waals surface area contributed by atoms with Gasteiger partial charge < -0.3 is 5.32 Å². The number of hydrogen-bond donors (Lipinski definition) is 1. The van der Waals surface area contributed by atoms with Gasteiger partial charge in [0.15, 0.2) is 0 Å². The van der Waals surface area contributed by atoms with E-state index < -0.39 is 41.8 Å². The number of nitrogens with one attached hydrogen (secondary N) is 1. The highest BCUT2D eigenvalue weighted by atomic mass is 19.4. The summed E-state index contributed by atoms with van der Waals surface area (Å²) >= 11 is 0. The normalized spacial score (nSPS) is 18.8. The molecule has 1 fully saturated rings. The standard InChI is InChI=1S/C21H19F5N6O/c1-32-30-18(29-31-32)13-4-2-12(3-5-13)17(14-6-8-20(22,23)11-14)19(33)28-16-10-15(7-9-27-16)21(24,25)26/h2-5,7,9-10,14,17H,6,8,11H2,1H3,(H,27,28,33)/t14-,17+/m0/s1. The third-order valence-electron chi connectivity index (χ3n) is 5.57. The SMILES string of the molecule is Cn1nnc(-c2ccc([C@@H](C(=O)Nc3cc(C(F)(F)F)ccn3)[C@H]3CCC(F)(F)C3)cc2)n1. The number of tetrazole rings is 1. The largest absolute Gasteiger partial charge is 0.416 e. The van der Waals surface area contributed by atoms with Gasteiger partial charge in [0.25, 0.3) is 0 Å². The molecule has 3 aromatic rings. The quantitative estimate of drug-likeness (QED) is 0.562. The predicted molar refractivity (Wildman–Crippen MR) is 107 cm³/mol. The van der Waals surface area contributed by atoms with E-state index in [1.165, 1.54) is 4.80 Å². The summed E-state index contributed by atoms with van der Waals surface area (Å²) in [6.45, 7) is 0. The molecule has 0 spiro atoms. The van der Waals surface area contributed by atoms with Gasteiger partial charge in [0.1, 0.15) is 5.82 Å². The van der Waals surface area contributed by atoms with Crippen LogP contribution in [0.3, 0.4) is 0 Å². The van der Waals surface area contributed by atoms with Crippen molar-refractivity contribution in [2.75, 3.05) is 5.32 Å². The molecule has 0 radical (unpaired) electrons. The number of aromatic nitrogens is 5. The van der Waals surface area contributed by atoms with Crippen molar-refractivity contribution in [1.82, 2.24) is 25.2 Å². The van der Waals surface area contributed by atoms with Crippen molar-refractivity contribution in [2.45, 2.75) is 37.3 Å². The Balaban J connectivity index is 1.62. The maximum atomic E-state index is 13.9. The van der Waals surface area contributed by atoms with Gasteiger partial charge in [-0.25, -0.2) is 13.8 Å². The second-order valence-corrected chi connectivity index (χ2v) is 7.98. The van der Waals surface area contributed by atoms with Gasteiger partial charge in [0.05, 0.1) is 18.5 Å². The zero-order chi connectivity index (χ0) is 23.8.